The molecule has 0 aliphatic carbocycles. The predicted octanol–water partition coefficient (Wildman–Crippen LogP) is 1.28. The van der Waals surface area contributed by atoms with Crippen LogP contribution in [0.25, 0.3) is 5.65 Å². The molecule has 0 amide bonds. The first-order valence-electron chi connectivity index (χ1n) is 4.54. The second kappa shape index (κ2) is 4.60. The van der Waals surface area contributed by atoms with E-state index in [9.17, 15) is 0 Å². The van der Waals surface area contributed by atoms with Crippen molar-refractivity contribution in [3.63, 3.8) is 0 Å². The minimum atomic E-state index is 1.04. The molecule has 0 bridgehead atoms. The number of hydrogen-bond donors (Lipinski definition) is 0. The van der Waals surface area contributed by atoms with Crippen molar-refractivity contribution >= 4 is 63.7 Å². The summed E-state index contributed by atoms with van der Waals surface area (Å²) in [6.07, 6.45) is 4.10. The van der Waals surface area contributed by atoms with Gasteiger partial charge in [-0.2, -0.15) is 0 Å². The number of aromatic nitrogens is 2. The van der Waals surface area contributed by atoms with E-state index < -0.39 is 0 Å². The molecule has 15 heavy (non-hydrogen) atoms. The van der Waals surface area contributed by atoms with Crippen LogP contribution in [0.2, 0.25) is 0 Å². The van der Waals surface area contributed by atoms with Crippen LogP contribution in [0.4, 0.5) is 5.69 Å². The molecule has 3 nitrogen and oxygen atoms in total. The van der Waals surface area contributed by atoms with Crippen molar-refractivity contribution in [1.82, 2.24) is 9.38 Å². The molecule has 0 unspecified atom stereocenters. The van der Waals surface area contributed by atoms with Crippen LogP contribution in [-0.2, 0) is 0 Å². The molecule has 0 atom stereocenters. The fourth-order valence-electron chi connectivity index (χ4n) is 1.56. The van der Waals surface area contributed by atoms with E-state index in [-0.39, 0.29) is 0 Å². The number of hydrogen-bond acceptors (Lipinski definition) is 2. The second-order valence-electron chi connectivity index (χ2n) is 3.45. The third-order valence-electron chi connectivity index (χ3n) is 2.08. The number of fused-ring (bicyclic) bond motifs is 1. The van der Waals surface area contributed by atoms with Gasteiger partial charge in [0.2, 0.25) is 0 Å². The summed E-state index contributed by atoms with van der Waals surface area (Å²) in [5.41, 5.74) is 4.33. The summed E-state index contributed by atoms with van der Waals surface area (Å²) >= 11 is 2.15. The van der Waals surface area contributed by atoms with Gasteiger partial charge in [-0.25, -0.2) is 0 Å². The van der Waals surface area contributed by atoms with E-state index in [2.05, 4.69) is 33.6 Å². The fourth-order valence-corrected chi connectivity index (χ4v) is 2.57. The van der Waals surface area contributed by atoms with Gasteiger partial charge in [0.15, 0.2) is 0 Å². The average Bonchev–Trinajstić information content (AvgIpc) is 2.44. The standard InChI is InChI=1S/C10H9N3.2Pb/c1-7-4-9(11-3)6-13-5-8(2)12-10(7)13;;/h4-6H,1-2H3;;. The van der Waals surface area contributed by atoms with E-state index in [1.165, 1.54) is 6.39 Å². The van der Waals surface area contributed by atoms with Gasteiger partial charge < -0.3 is 0 Å². The van der Waals surface area contributed by atoms with Crippen molar-refractivity contribution in [1.29, 1.82) is 0 Å². The molecule has 6 radical (unpaired) electrons. The summed E-state index contributed by atoms with van der Waals surface area (Å²) in [5, 5.41) is 0. The van der Waals surface area contributed by atoms with Gasteiger partial charge in [-0.1, -0.05) is 0 Å². The Balaban J connectivity index is 2.66. The van der Waals surface area contributed by atoms with E-state index >= 15 is 0 Å². The van der Waals surface area contributed by atoms with E-state index in [1.807, 2.05) is 13.1 Å². The molecule has 0 N–H and O–H groups in total. The normalized spacial score (nSPS) is 10.7. The molecule has 0 aromatic carbocycles. The maximum absolute atomic E-state index is 4.57. The van der Waals surface area contributed by atoms with Crippen LogP contribution < -0.4 is 0 Å². The maximum atomic E-state index is 4.57. The zero-order chi connectivity index (χ0) is 11.0. The van der Waals surface area contributed by atoms with E-state index in [0.29, 0.717) is 0 Å². The third kappa shape index (κ3) is 2.66. The number of rotatable bonds is 1. The van der Waals surface area contributed by atoms with Gasteiger partial charge in [-0.15, -0.1) is 0 Å². The van der Waals surface area contributed by atoms with Gasteiger partial charge in [-0.3, -0.25) is 0 Å². The van der Waals surface area contributed by atoms with Crippen molar-refractivity contribution in [2.75, 3.05) is 0 Å². The molecular weight excluding hydrogens is 577 g/mol. The molecule has 0 saturated heterocycles. The van der Waals surface area contributed by atoms with Gasteiger partial charge in [0.25, 0.3) is 0 Å². The van der Waals surface area contributed by atoms with Crippen LogP contribution in [-0.4, -0.2) is 61.7 Å². The van der Waals surface area contributed by atoms with Crippen LogP contribution in [0.15, 0.2) is 23.5 Å². The SMILES string of the molecule is Cc1cn2cc(N=[C]([Pb])[Pb])cc(C)c2n1. The molecule has 0 fully saturated rings. The van der Waals surface area contributed by atoms with Crippen LogP contribution in [0.5, 0.6) is 0 Å². The Bertz CT molecular complexity index is 539. The number of aryl methyl sites for hydroxylation is 2. The van der Waals surface area contributed by atoms with Crippen molar-refractivity contribution in [2.24, 2.45) is 4.99 Å². The van der Waals surface area contributed by atoms with Crippen LogP contribution >= 0.6 is 0 Å². The summed E-state index contributed by atoms with van der Waals surface area (Å²) in [6.45, 7) is 4.10. The van der Waals surface area contributed by atoms with Gasteiger partial charge in [0.05, 0.1) is 0 Å². The molecule has 5 heteroatoms. The Morgan fingerprint density at radius 3 is 2.73 bits per heavy atom. The van der Waals surface area contributed by atoms with Gasteiger partial charge in [-0.05, 0) is 0 Å². The fraction of sp³-hybridized carbons (Fsp3) is 0.200. The van der Waals surface area contributed by atoms with E-state index in [0.717, 1.165) is 68.6 Å². The Hall–Kier alpha value is 0.204. The number of nitrogens with zero attached hydrogens (tertiary/aromatic N) is 3. The summed E-state index contributed by atoms with van der Waals surface area (Å²) in [5.74, 6) is 0. The topological polar surface area (TPSA) is 29.7 Å². The van der Waals surface area contributed by atoms with Crippen LogP contribution in [0, 0.1) is 13.8 Å². The molecule has 0 aliphatic heterocycles. The first-order valence-corrected chi connectivity index (χ1v) is 8.43. The third-order valence-corrected chi connectivity index (χ3v) is 2.95. The summed E-state index contributed by atoms with van der Waals surface area (Å²) in [7, 11) is 0. The second-order valence-corrected chi connectivity index (χ2v) is 14.7. The predicted molar refractivity (Wildman–Crippen MR) is 63.3 cm³/mol. The summed E-state index contributed by atoms with van der Waals surface area (Å²) in [6, 6.07) is 2.11. The number of aliphatic imine (C=N–C) groups is 1. The molecule has 2 aromatic heterocycles. The molecule has 0 aliphatic rings. The molecule has 72 valence electrons. The molecule has 0 spiro atoms. The Morgan fingerprint density at radius 1 is 1.33 bits per heavy atom. The molecule has 0 saturated carbocycles. The zero-order valence-electron chi connectivity index (χ0n) is 8.57. The van der Waals surface area contributed by atoms with Gasteiger partial charge in [0.1, 0.15) is 0 Å². The average molecular weight is 586 g/mol. The van der Waals surface area contributed by atoms with Crippen molar-refractivity contribution in [2.45, 2.75) is 13.8 Å². The first-order chi connectivity index (χ1) is 7.06. The van der Waals surface area contributed by atoms with Crippen LogP contribution in [0.1, 0.15) is 11.3 Å². The Kier molecular flexibility index (Phi) is 3.58. The molecular formula is C10H9N3Pb2. The monoisotopic (exact) mass is 587 g/mol. The van der Waals surface area contributed by atoms with E-state index in [1.54, 1.807) is 0 Å². The van der Waals surface area contributed by atoms with E-state index in [4.69, 9.17) is 0 Å². The number of imidazole rings is 1. The molecule has 2 rings (SSSR count). The quantitative estimate of drug-likeness (QED) is 0.367. The van der Waals surface area contributed by atoms with Gasteiger partial charge >= 0.3 is 122 Å². The van der Waals surface area contributed by atoms with Crippen LogP contribution in [0.3, 0.4) is 0 Å². The Labute approximate surface area is 120 Å². The number of pyridine rings is 1. The van der Waals surface area contributed by atoms with Crippen molar-refractivity contribution in [3.8, 4) is 0 Å². The van der Waals surface area contributed by atoms with Crippen molar-refractivity contribution < 1.29 is 0 Å². The zero-order valence-corrected chi connectivity index (χ0v) is 16.3. The summed E-state index contributed by atoms with van der Waals surface area (Å²) in [4.78, 5) is 9.04. The first kappa shape index (κ1) is 11.7. The van der Waals surface area contributed by atoms with Gasteiger partial charge in [0, 0.05) is 0 Å². The molecule has 2 heterocycles. The minimum absolute atomic E-state index is 1.04. The van der Waals surface area contributed by atoms with Crippen molar-refractivity contribution in [3.05, 3.63) is 29.7 Å². The molecule has 2 aromatic rings. The Morgan fingerprint density at radius 2 is 2.07 bits per heavy atom. The summed E-state index contributed by atoms with van der Waals surface area (Å²) < 4.78 is 3.40.